The van der Waals surface area contributed by atoms with Gasteiger partial charge in [0, 0.05) is 5.69 Å². The molecule has 2 rings (SSSR count). The molecule has 10 nitrogen and oxygen atoms in total. The van der Waals surface area contributed by atoms with E-state index in [1.165, 1.54) is 18.2 Å². The molecule has 0 bridgehead atoms. The molecule has 0 fully saturated rings. The zero-order valence-electron chi connectivity index (χ0n) is 24.7. The summed E-state index contributed by atoms with van der Waals surface area (Å²) in [6, 6.07) is 11.1. The molecule has 0 unspecified atom stereocenters. The Hall–Kier alpha value is -3.23. The van der Waals surface area contributed by atoms with Gasteiger partial charge in [0.15, 0.2) is 0 Å². The smallest absolute Gasteiger partial charge is 0.416 e. The number of rotatable bonds is 20. The van der Waals surface area contributed by atoms with Gasteiger partial charge in [-0.25, -0.2) is 9.59 Å². The number of nitrogens with one attached hydrogen (secondary N) is 1. The van der Waals surface area contributed by atoms with Crippen LogP contribution in [0.5, 0.6) is 0 Å². The van der Waals surface area contributed by atoms with Crippen LogP contribution in [0.3, 0.4) is 0 Å². The van der Waals surface area contributed by atoms with Crippen LogP contribution in [-0.2, 0) is 44.1 Å². The van der Waals surface area contributed by atoms with Gasteiger partial charge < -0.3 is 38.5 Å². The molecule has 43 heavy (non-hydrogen) atoms. The van der Waals surface area contributed by atoms with Gasteiger partial charge in [-0.05, 0) is 51.1 Å². The summed E-state index contributed by atoms with van der Waals surface area (Å²) in [6.45, 7) is 8.12. The molecule has 0 atom stereocenters. The molecule has 0 aliphatic heterocycles. The number of carbonyl (C=O) groups excluding carboxylic acids is 2. The molecule has 0 aliphatic rings. The van der Waals surface area contributed by atoms with Crippen molar-refractivity contribution >= 4 is 23.3 Å². The lowest BCUT2D eigenvalue weighted by atomic mass is 10.1. The van der Waals surface area contributed by atoms with E-state index in [4.69, 9.17) is 33.2 Å². The Morgan fingerprint density at radius 3 is 1.79 bits per heavy atom. The number of hydrogen-bond donors (Lipinski definition) is 1. The summed E-state index contributed by atoms with van der Waals surface area (Å²) < 4.78 is 76.1. The van der Waals surface area contributed by atoms with E-state index in [9.17, 15) is 22.8 Å². The molecule has 2 aromatic carbocycles. The van der Waals surface area contributed by atoms with E-state index in [2.05, 4.69) is 5.32 Å². The van der Waals surface area contributed by atoms with Crippen LogP contribution in [-0.4, -0.2) is 90.2 Å². The van der Waals surface area contributed by atoms with Gasteiger partial charge in [-0.3, -0.25) is 0 Å². The number of esters is 2. The van der Waals surface area contributed by atoms with Crippen molar-refractivity contribution in [3.8, 4) is 0 Å². The number of alkyl halides is 3. The van der Waals surface area contributed by atoms with Crippen LogP contribution in [0.25, 0.3) is 0 Å². The van der Waals surface area contributed by atoms with Crippen molar-refractivity contribution in [2.45, 2.75) is 32.5 Å². The Kier molecular flexibility index (Phi) is 16.0. The molecule has 0 saturated carbocycles. The van der Waals surface area contributed by atoms with Crippen LogP contribution >= 0.6 is 0 Å². The largest absolute Gasteiger partial charge is 0.460 e. The Morgan fingerprint density at radius 1 is 0.698 bits per heavy atom. The van der Waals surface area contributed by atoms with Crippen LogP contribution in [0.4, 0.5) is 24.5 Å². The SMILES string of the molecule is CC(C)(C)OC(=O)COCCOCCOCCOCCOCCOC(=O)c1ccccc1Nc1cccc(C(F)(F)F)c1. The lowest BCUT2D eigenvalue weighted by Crippen LogP contribution is -2.27. The van der Waals surface area contributed by atoms with Gasteiger partial charge in [-0.2, -0.15) is 13.2 Å². The second kappa shape index (κ2) is 19.1. The predicted molar refractivity (Wildman–Crippen MR) is 151 cm³/mol. The molecule has 0 saturated heterocycles. The summed E-state index contributed by atoms with van der Waals surface area (Å²) in [5.74, 6) is -1.05. The van der Waals surface area contributed by atoms with E-state index < -0.39 is 29.3 Å². The second-order valence-corrected chi connectivity index (χ2v) is 9.97. The first-order valence-electron chi connectivity index (χ1n) is 13.8. The van der Waals surface area contributed by atoms with Gasteiger partial charge in [-0.15, -0.1) is 0 Å². The third-order valence-electron chi connectivity index (χ3n) is 5.20. The number of benzene rings is 2. The fraction of sp³-hybridized carbons (Fsp3) is 0.533. The molecule has 0 heterocycles. The number of hydrogen-bond acceptors (Lipinski definition) is 10. The van der Waals surface area contributed by atoms with Crippen molar-refractivity contribution in [3.63, 3.8) is 0 Å². The first-order chi connectivity index (χ1) is 20.5. The second-order valence-electron chi connectivity index (χ2n) is 9.97. The third-order valence-corrected chi connectivity index (χ3v) is 5.20. The first-order valence-corrected chi connectivity index (χ1v) is 13.8. The van der Waals surface area contributed by atoms with Crippen molar-refractivity contribution in [1.29, 1.82) is 0 Å². The van der Waals surface area contributed by atoms with Crippen LogP contribution in [0.15, 0.2) is 48.5 Å². The Balaban J connectivity index is 1.47. The number of halogens is 3. The van der Waals surface area contributed by atoms with Crippen molar-refractivity contribution < 1.29 is 55.9 Å². The van der Waals surface area contributed by atoms with Crippen LogP contribution in [0, 0.1) is 0 Å². The van der Waals surface area contributed by atoms with E-state index in [-0.39, 0.29) is 44.3 Å². The average Bonchev–Trinajstić information content (AvgIpc) is 2.93. The molecular weight excluding hydrogens is 575 g/mol. The van der Waals surface area contributed by atoms with Crippen LogP contribution in [0.2, 0.25) is 0 Å². The predicted octanol–water partition coefficient (Wildman–Crippen LogP) is 5.03. The minimum atomic E-state index is -4.48. The highest BCUT2D eigenvalue weighted by Gasteiger charge is 2.30. The van der Waals surface area contributed by atoms with Gasteiger partial charge in [0.1, 0.15) is 18.8 Å². The zero-order chi connectivity index (χ0) is 31.6. The molecule has 240 valence electrons. The molecule has 1 N–H and O–H groups in total. The minimum Gasteiger partial charge on any atom is -0.460 e. The summed E-state index contributed by atoms with van der Waals surface area (Å²) >= 11 is 0. The number of anilines is 2. The number of para-hydroxylation sites is 1. The molecule has 0 radical (unpaired) electrons. The van der Waals surface area contributed by atoms with Crippen molar-refractivity contribution in [3.05, 3.63) is 59.7 Å². The normalized spacial score (nSPS) is 11.8. The lowest BCUT2D eigenvalue weighted by molar-refractivity contribution is -0.160. The summed E-state index contributed by atoms with van der Waals surface area (Å²) in [7, 11) is 0. The van der Waals surface area contributed by atoms with E-state index in [1.54, 1.807) is 39.0 Å². The molecule has 0 amide bonds. The highest BCUT2D eigenvalue weighted by molar-refractivity contribution is 5.96. The fourth-order valence-corrected chi connectivity index (χ4v) is 3.38. The van der Waals surface area contributed by atoms with Crippen LogP contribution in [0.1, 0.15) is 36.7 Å². The maximum absolute atomic E-state index is 13.0. The Bertz CT molecular complexity index is 1110. The van der Waals surface area contributed by atoms with Gasteiger partial charge in [0.2, 0.25) is 0 Å². The quantitative estimate of drug-likeness (QED) is 0.161. The van der Waals surface area contributed by atoms with Crippen molar-refractivity contribution in [2.75, 3.05) is 78.0 Å². The fourth-order valence-electron chi connectivity index (χ4n) is 3.38. The number of carbonyl (C=O) groups is 2. The molecule has 13 heteroatoms. The van der Waals surface area contributed by atoms with Crippen LogP contribution < -0.4 is 5.32 Å². The molecule has 0 aromatic heterocycles. The van der Waals surface area contributed by atoms with E-state index in [0.29, 0.717) is 45.3 Å². The Morgan fingerprint density at radius 2 is 1.23 bits per heavy atom. The highest BCUT2D eigenvalue weighted by atomic mass is 19.4. The molecule has 0 spiro atoms. The van der Waals surface area contributed by atoms with E-state index in [1.807, 2.05) is 0 Å². The van der Waals surface area contributed by atoms with Gasteiger partial charge in [0.05, 0.1) is 76.3 Å². The highest BCUT2D eigenvalue weighted by Crippen LogP contribution is 2.32. The zero-order valence-corrected chi connectivity index (χ0v) is 24.7. The van der Waals surface area contributed by atoms with Gasteiger partial charge >= 0.3 is 18.1 Å². The standard InChI is InChI=1S/C30H40F3NO9/c1-29(2,3)43-27(35)22-41-18-17-39-14-13-37-11-12-38-15-16-40-19-20-42-28(36)25-9-4-5-10-26(25)34-24-8-6-7-23(21-24)30(31,32)33/h4-10,21,34H,11-20,22H2,1-3H3. The maximum Gasteiger partial charge on any atom is 0.416 e. The summed E-state index contributed by atoms with van der Waals surface area (Å²) in [5, 5.41) is 2.85. The molecule has 2 aromatic rings. The topological polar surface area (TPSA) is 111 Å². The average molecular weight is 616 g/mol. The summed E-state index contributed by atoms with van der Waals surface area (Å²) in [5.41, 5.74) is -0.648. The number of ether oxygens (including phenoxy) is 7. The summed E-state index contributed by atoms with van der Waals surface area (Å²) in [4.78, 5) is 24.0. The van der Waals surface area contributed by atoms with Crippen molar-refractivity contribution in [1.82, 2.24) is 0 Å². The van der Waals surface area contributed by atoms with Gasteiger partial charge in [0.25, 0.3) is 0 Å². The molecular formula is C30H40F3NO9. The van der Waals surface area contributed by atoms with Gasteiger partial charge in [-0.1, -0.05) is 18.2 Å². The maximum atomic E-state index is 13.0. The minimum absolute atomic E-state index is 0.00805. The van der Waals surface area contributed by atoms with Crippen molar-refractivity contribution in [2.24, 2.45) is 0 Å². The lowest BCUT2D eigenvalue weighted by Gasteiger charge is -2.19. The summed E-state index contributed by atoms with van der Waals surface area (Å²) in [6.07, 6.45) is -4.48. The van der Waals surface area contributed by atoms with E-state index in [0.717, 1.165) is 12.1 Å². The Labute approximate surface area is 249 Å². The third kappa shape index (κ3) is 16.3. The first kappa shape index (κ1) is 36.0. The van der Waals surface area contributed by atoms with E-state index >= 15 is 0 Å². The molecule has 0 aliphatic carbocycles. The monoisotopic (exact) mass is 615 g/mol.